The first kappa shape index (κ1) is 11.9. The van der Waals surface area contributed by atoms with Gasteiger partial charge in [-0.25, -0.2) is 9.97 Å². The van der Waals surface area contributed by atoms with Crippen LogP contribution in [-0.2, 0) is 0 Å². The number of rotatable bonds is 3. The molecule has 4 heteroatoms. The number of nitrogens with two attached hydrogens (primary N) is 1. The van der Waals surface area contributed by atoms with E-state index in [1.54, 1.807) is 6.33 Å². The molecule has 1 atom stereocenters. The van der Waals surface area contributed by atoms with Crippen molar-refractivity contribution in [2.75, 3.05) is 5.73 Å². The summed E-state index contributed by atoms with van der Waals surface area (Å²) in [6.45, 7) is 8.71. The quantitative estimate of drug-likeness (QED) is 0.884. The highest BCUT2D eigenvalue weighted by Crippen LogP contribution is 2.31. The van der Waals surface area contributed by atoms with Gasteiger partial charge in [0.15, 0.2) is 5.82 Å². The van der Waals surface area contributed by atoms with Gasteiger partial charge < -0.3 is 10.3 Å². The predicted octanol–water partition coefficient (Wildman–Crippen LogP) is 3.11. The van der Waals surface area contributed by atoms with Crippen molar-refractivity contribution >= 4 is 16.9 Å². The number of fused-ring (bicyclic) bond motifs is 1. The summed E-state index contributed by atoms with van der Waals surface area (Å²) >= 11 is 0. The standard InChI is InChI=1S/C13H20N4/c1-5-9(4)17-6-10(8(2)3)11-12(17)13(14)16-7-15-11/h6-9H,5H2,1-4H3,(H2,14,15,16). The highest BCUT2D eigenvalue weighted by atomic mass is 15.1. The molecule has 0 aromatic carbocycles. The zero-order valence-corrected chi connectivity index (χ0v) is 10.9. The van der Waals surface area contributed by atoms with Crippen molar-refractivity contribution in [2.45, 2.75) is 46.1 Å². The van der Waals surface area contributed by atoms with Crippen LogP contribution in [0.5, 0.6) is 0 Å². The van der Waals surface area contributed by atoms with Crippen LogP contribution in [0.2, 0.25) is 0 Å². The van der Waals surface area contributed by atoms with Crippen molar-refractivity contribution < 1.29 is 0 Å². The molecule has 2 heterocycles. The Labute approximate surface area is 102 Å². The molecule has 0 aliphatic carbocycles. The minimum Gasteiger partial charge on any atom is -0.382 e. The minimum absolute atomic E-state index is 0.415. The Kier molecular flexibility index (Phi) is 3.05. The van der Waals surface area contributed by atoms with E-state index in [1.807, 2.05) is 0 Å². The van der Waals surface area contributed by atoms with Crippen molar-refractivity contribution in [1.29, 1.82) is 0 Å². The van der Waals surface area contributed by atoms with Gasteiger partial charge in [-0.05, 0) is 24.8 Å². The lowest BCUT2D eigenvalue weighted by atomic mass is 10.1. The molecule has 0 spiro atoms. The molecule has 0 bridgehead atoms. The number of anilines is 1. The summed E-state index contributed by atoms with van der Waals surface area (Å²) in [6.07, 6.45) is 4.79. The maximum absolute atomic E-state index is 5.99. The van der Waals surface area contributed by atoms with Crippen LogP contribution in [-0.4, -0.2) is 14.5 Å². The van der Waals surface area contributed by atoms with Gasteiger partial charge >= 0.3 is 0 Å². The summed E-state index contributed by atoms with van der Waals surface area (Å²) in [6, 6.07) is 0.415. The smallest absolute Gasteiger partial charge is 0.151 e. The largest absolute Gasteiger partial charge is 0.382 e. The van der Waals surface area contributed by atoms with Crippen molar-refractivity contribution in [3.05, 3.63) is 18.1 Å². The molecule has 2 rings (SSSR count). The molecule has 17 heavy (non-hydrogen) atoms. The van der Waals surface area contributed by atoms with E-state index in [2.05, 4.69) is 48.4 Å². The van der Waals surface area contributed by atoms with Crippen LogP contribution in [0, 0.1) is 0 Å². The molecule has 0 fully saturated rings. The molecule has 0 amide bonds. The molecule has 4 nitrogen and oxygen atoms in total. The van der Waals surface area contributed by atoms with Gasteiger partial charge in [0.05, 0.1) is 5.52 Å². The van der Waals surface area contributed by atoms with Crippen LogP contribution >= 0.6 is 0 Å². The van der Waals surface area contributed by atoms with E-state index in [4.69, 9.17) is 5.73 Å². The molecule has 0 saturated heterocycles. The normalized spacial score (nSPS) is 13.5. The second-order valence-corrected chi connectivity index (χ2v) is 4.86. The Morgan fingerprint density at radius 1 is 1.29 bits per heavy atom. The summed E-state index contributed by atoms with van der Waals surface area (Å²) in [7, 11) is 0. The van der Waals surface area contributed by atoms with Gasteiger partial charge in [-0.3, -0.25) is 0 Å². The number of hydrogen-bond donors (Lipinski definition) is 1. The van der Waals surface area contributed by atoms with Gasteiger partial charge in [0.25, 0.3) is 0 Å². The van der Waals surface area contributed by atoms with E-state index >= 15 is 0 Å². The molecule has 2 N–H and O–H groups in total. The van der Waals surface area contributed by atoms with Gasteiger partial charge in [0, 0.05) is 12.2 Å². The van der Waals surface area contributed by atoms with Gasteiger partial charge in [0.1, 0.15) is 11.8 Å². The zero-order valence-electron chi connectivity index (χ0n) is 10.9. The molecular weight excluding hydrogens is 212 g/mol. The summed E-state index contributed by atoms with van der Waals surface area (Å²) in [5.74, 6) is 1.01. The van der Waals surface area contributed by atoms with E-state index in [-0.39, 0.29) is 0 Å². The SMILES string of the molecule is CCC(C)n1cc(C(C)C)c2ncnc(N)c21. The van der Waals surface area contributed by atoms with Crippen LogP contribution in [0.15, 0.2) is 12.5 Å². The molecule has 0 radical (unpaired) electrons. The second-order valence-electron chi connectivity index (χ2n) is 4.86. The maximum Gasteiger partial charge on any atom is 0.151 e. The van der Waals surface area contributed by atoms with E-state index < -0.39 is 0 Å². The second kappa shape index (κ2) is 4.35. The Hall–Kier alpha value is -1.58. The summed E-state index contributed by atoms with van der Waals surface area (Å²) < 4.78 is 2.21. The van der Waals surface area contributed by atoms with Crippen LogP contribution < -0.4 is 5.73 Å². The Bertz CT molecular complexity index is 527. The van der Waals surface area contributed by atoms with E-state index in [1.165, 1.54) is 5.56 Å². The van der Waals surface area contributed by atoms with Crippen molar-refractivity contribution in [2.24, 2.45) is 0 Å². The zero-order chi connectivity index (χ0) is 12.6. The lowest BCUT2D eigenvalue weighted by Gasteiger charge is -2.12. The van der Waals surface area contributed by atoms with Crippen LogP contribution in [0.3, 0.4) is 0 Å². The number of hydrogen-bond acceptors (Lipinski definition) is 3. The molecule has 2 aromatic rings. The topological polar surface area (TPSA) is 56.7 Å². The van der Waals surface area contributed by atoms with Gasteiger partial charge in [-0.2, -0.15) is 0 Å². The average molecular weight is 232 g/mol. The number of aromatic nitrogens is 3. The Morgan fingerprint density at radius 2 is 2.00 bits per heavy atom. The fraction of sp³-hybridized carbons (Fsp3) is 0.538. The minimum atomic E-state index is 0.415. The van der Waals surface area contributed by atoms with E-state index in [0.717, 1.165) is 17.5 Å². The van der Waals surface area contributed by atoms with Crippen molar-refractivity contribution in [1.82, 2.24) is 14.5 Å². The average Bonchev–Trinajstić information content (AvgIpc) is 2.69. The molecular formula is C13H20N4. The third-order valence-corrected chi connectivity index (χ3v) is 3.35. The monoisotopic (exact) mass is 232 g/mol. The third kappa shape index (κ3) is 1.88. The third-order valence-electron chi connectivity index (χ3n) is 3.35. The maximum atomic E-state index is 5.99. The van der Waals surface area contributed by atoms with E-state index in [0.29, 0.717) is 17.8 Å². The summed E-state index contributed by atoms with van der Waals surface area (Å²) in [5.41, 5.74) is 9.21. The number of nitrogen functional groups attached to an aromatic ring is 1. The predicted molar refractivity (Wildman–Crippen MR) is 71.0 cm³/mol. The molecule has 0 aliphatic rings. The Morgan fingerprint density at radius 3 is 2.59 bits per heavy atom. The first-order chi connectivity index (χ1) is 8.06. The summed E-state index contributed by atoms with van der Waals surface area (Å²) in [5, 5.41) is 0. The molecule has 2 aromatic heterocycles. The number of nitrogens with zero attached hydrogens (tertiary/aromatic N) is 3. The van der Waals surface area contributed by atoms with Crippen molar-refractivity contribution in [3.63, 3.8) is 0 Å². The summed E-state index contributed by atoms with van der Waals surface area (Å²) in [4.78, 5) is 8.49. The first-order valence-corrected chi connectivity index (χ1v) is 6.17. The lowest BCUT2D eigenvalue weighted by Crippen LogP contribution is -2.04. The van der Waals surface area contributed by atoms with Crippen LogP contribution in [0.4, 0.5) is 5.82 Å². The first-order valence-electron chi connectivity index (χ1n) is 6.17. The fourth-order valence-corrected chi connectivity index (χ4v) is 2.10. The molecule has 92 valence electrons. The highest BCUT2D eigenvalue weighted by Gasteiger charge is 2.17. The molecule has 1 unspecified atom stereocenters. The van der Waals surface area contributed by atoms with Crippen LogP contribution in [0.1, 0.15) is 51.6 Å². The highest BCUT2D eigenvalue weighted by molar-refractivity contribution is 5.88. The fourth-order valence-electron chi connectivity index (χ4n) is 2.10. The molecule has 0 saturated carbocycles. The van der Waals surface area contributed by atoms with Crippen molar-refractivity contribution in [3.8, 4) is 0 Å². The van der Waals surface area contributed by atoms with Crippen LogP contribution in [0.25, 0.3) is 11.0 Å². The Balaban J connectivity index is 2.76. The van der Waals surface area contributed by atoms with E-state index in [9.17, 15) is 0 Å². The van der Waals surface area contributed by atoms with Gasteiger partial charge in [-0.1, -0.05) is 20.8 Å². The van der Waals surface area contributed by atoms with Gasteiger partial charge in [0.2, 0.25) is 0 Å². The molecule has 0 aliphatic heterocycles. The lowest BCUT2D eigenvalue weighted by molar-refractivity contribution is 0.546. The van der Waals surface area contributed by atoms with Gasteiger partial charge in [-0.15, -0.1) is 0 Å².